The highest BCUT2D eigenvalue weighted by Gasteiger charge is 2.28. The SMILES string of the molecule is Cc1cccc2c1C(C)CC2NCCc1nnc2ccccn12. The fourth-order valence-electron chi connectivity index (χ4n) is 3.89. The molecule has 0 saturated heterocycles. The van der Waals surface area contributed by atoms with Gasteiger partial charge in [0.2, 0.25) is 0 Å². The van der Waals surface area contributed by atoms with E-state index in [2.05, 4.69) is 52.0 Å². The van der Waals surface area contributed by atoms with Gasteiger partial charge in [0, 0.05) is 25.2 Å². The minimum atomic E-state index is 0.457. The zero-order chi connectivity index (χ0) is 15.8. The molecule has 0 bridgehead atoms. The lowest BCUT2D eigenvalue weighted by Gasteiger charge is -2.14. The van der Waals surface area contributed by atoms with Gasteiger partial charge in [0.1, 0.15) is 5.82 Å². The Bertz CT molecular complexity index is 836. The molecule has 118 valence electrons. The van der Waals surface area contributed by atoms with E-state index in [-0.39, 0.29) is 0 Å². The fourth-order valence-corrected chi connectivity index (χ4v) is 3.89. The van der Waals surface area contributed by atoms with Crippen molar-refractivity contribution in [1.82, 2.24) is 19.9 Å². The van der Waals surface area contributed by atoms with Gasteiger partial charge in [-0.05, 0) is 48.1 Å². The molecule has 4 rings (SSSR count). The maximum absolute atomic E-state index is 4.31. The van der Waals surface area contributed by atoms with Gasteiger partial charge in [-0.3, -0.25) is 4.40 Å². The lowest BCUT2D eigenvalue weighted by atomic mass is 9.98. The van der Waals surface area contributed by atoms with Crippen LogP contribution in [0.25, 0.3) is 5.65 Å². The molecule has 1 aliphatic rings. The summed E-state index contributed by atoms with van der Waals surface area (Å²) >= 11 is 0. The van der Waals surface area contributed by atoms with E-state index in [1.54, 1.807) is 0 Å². The van der Waals surface area contributed by atoms with Crippen LogP contribution in [-0.4, -0.2) is 21.1 Å². The van der Waals surface area contributed by atoms with E-state index in [9.17, 15) is 0 Å². The first kappa shape index (κ1) is 14.4. The Kier molecular flexibility index (Phi) is 3.62. The number of nitrogens with one attached hydrogen (secondary N) is 1. The fraction of sp³-hybridized carbons (Fsp3) is 0.368. The van der Waals surface area contributed by atoms with E-state index in [0.717, 1.165) is 24.4 Å². The van der Waals surface area contributed by atoms with Gasteiger partial charge in [-0.25, -0.2) is 0 Å². The molecule has 3 aromatic rings. The Hall–Kier alpha value is -2.20. The topological polar surface area (TPSA) is 42.2 Å². The summed E-state index contributed by atoms with van der Waals surface area (Å²) in [5.41, 5.74) is 5.35. The normalized spacial score (nSPS) is 20.1. The molecular formula is C19H22N4. The summed E-state index contributed by atoms with van der Waals surface area (Å²) in [6.45, 7) is 5.47. The van der Waals surface area contributed by atoms with E-state index in [1.807, 2.05) is 24.4 Å². The van der Waals surface area contributed by atoms with Crippen LogP contribution in [0.4, 0.5) is 0 Å². The number of hydrogen-bond donors (Lipinski definition) is 1. The Morgan fingerprint density at radius 1 is 1.17 bits per heavy atom. The maximum Gasteiger partial charge on any atom is 0.160 e. The first-order valence-corrected chi connectivity index (χ1v) is 8.35. The molecule has 23 heavy (non-hydrogen) atoms. The Morgan fingerprint density at radius 2 is 2.09 bits per heavy atom. The molecule has 1 aromatic carbocycles. The second kappa shape index (κ2) is 5.78. The summed E-state index contributed by atoms with van der Waals surface area (Å²) in [6, 6.07) is 13.1. The zero-order valence-corrected chi connectivity index (χ0v) is 13.7. The van der Waals surface area contributed by atoms with Crippen LogP contribution in [0, 0.1) is 6.92 Å². The first-order valence-electron chi connectivity index (χ1n) is 8.35. The monoisotopic (exact) mass is 306 g/mol. The minimum absolute atomic E-state index is 0.457. The molecule has 1 aliphatic carbocycles. The molecular weight excluding hydrogens is 284 g/mol. The standard InChI is InChI=1S/C19H22N4/c1-13-6-5-7-15-16(12-14(2)19(13)15)20-10-9-18-22-21-17-8-3-4-11-23(17)18/h3-8,11,14,16,20H,9-10,12H2,1-2H3. The summed E-state index contributed by atoms with van der Waals surface area (Å²) in [5.74, 6) is 1.65. The third-order valence-electron chi connectivity index (χ3n) is 4.94. The van der Waals surface area contributed by atoms with Crippen LogP contribution in [0.5, 0.6) is 0 Å². The van der Waals surface area contributed by atoms with Crippen molar-refractivity contribution in [3.63, 3.8) is 0 Å². The van der Waals surface area contributed by atoms with Crippen molar-refractivity contribution in [2.24, 2.45) is 0 Å². The summed E-state index contributed by atoms with van der Waals surface area (Å²) < 4.78 is 2.07. The average Bonchev–Trinajstić information content (AvgIpc) is 3.11. The highest BCUT2D eigenvalue weighted by Crippen LogP contribution is 2.41. The predicted octanol–water partition coefficient (Wildman–Crippen LogP) is 3.42. The number of rotatable bonds is 4. The number of aromatic nitrogens is 3. The van der Waals surface area contributed by atoms with Crippen LogP contribution < -0.4 is 5.32 Å². The largest absolute Gasteiger partial charge is 0.309 e. The van der Waals surface area contributed by atoms with Gasteiger partial charge in [0.05, 0.1) is 0 Å². The van der Waals surface area contributed by atoms with Crippen LogP contribution in [-0.2, 0) is 6.42 Å². The Labute approximate surface area is 136 Å². The third kappa shape index (κ3) is 2.53. The summed E-state index contributed by atoms with van der Waals surface area (Å²) in [4.78, 5) is 0. The van der Waals surface area contributed by atoms with E-state index in [4.69, 9.17) is 0 Å². The molecule has 0 fully saturated rings. The first-order chi connectivity index (χ1) is 11.2. The predicted molar refractivity (Wildman–Crippen MR) is 91.6 cm³/mol. The number of nitrogens with zero attached hydrogens (tertiary/aromatic N) is 3. The highest BCUT2D eigenvalue weighted by molar-refractivity contribution is 5.43. The number of fused-ring (bicyclic) bond motifs is 2. The van der Waals surface area contributed by atoms with Crippen LogP contribution in [0.3, 0.4) is 0 Å². The molecule has 0 saturated carbocycles. The highest BCUT2D eigenvalue weighted by atomic mass is 15.2. The molecule has 0 spiro atoms. The molecule has 0 aliphatic heterocycles. The summed E-state index contributed by atoms with van der Waals surface area (Å²) in [6.07, 6.45) is 4.10. The smallest absolute Gasteiger partial charge is 0.160 e. The molecule has 2 atom stereocenters. The van der Waals surface area contributed by atoms with E-state index < -0.39 is 0 Å². The van der Waals surface area contributed by atoms with Crippen LogP contribution in [0.1, 0.15) is 47.8 Å². The van der Waals surface area contributed by atoms with Crippen molar-refractivity contribution in [2.45, 2.75) is 38.6 Å². The van der Waals surface area contributed by atoms with Crippen LogP contribution in [0.2, 0.25) is 0 Å². The Balaban J connectivity index is 1.46. The molecule has 4 nitrogen and oxygen atoms in total. The number of benzene rings is 1. The lowest BCUT2D eigenvalue weighted by Crippen LogP contribution is -2.22. The van der Waals surface area contributed by atoms with Crippen molar-refractivity contribution in [1.29, 1.82) is 0 Å². The zero-order valence-electron chi connectivity index (χ0n) is 13.7. The van der Waals surface area contributed by atoms with Gasteiger partial charge in [0.25, 0.3) is 0 Å². The van der Waals surface area contributed by atoms with Crippen molar-refractivity contribution >= 4 is 5.65 Å². The molecule has 2 unspecified atom stereocenters. The number of pyridine rings is 1. The molecule has 0 radical (unpaired) electrons. The third-order valence-corrected chi connectivity index (χ3v) is 4.94. The van der Waals surface area contributed by atoms with Gasteiger partial charge < -0.3 is 5.32 Å². The molecule has 4 heteroatoms. The maximum atomic E-state index is 4.31. The quantitative estimate of drug-likeness (QED) is 0.803. The minimum Gasteiger partial charge on any atom is -0.309 e. The van der Waals surface area contributed by atoms with Crippen molar-refractivity contribution < 1.29 is 0 Å². The van der Waals surface area contributed by atoms with E-state index >= 15 is 0 Å². The number of aryl methyl sites for hydroxylation is 1. The second-order valence-corrected chi connectivity index (χ2v) is 6.52. The van der Waals surface area contributed by atoms with Gasteiger partial charge in [-0.15, -0.1) is 10.2 Å². The van der Waals surface area contributed by atoms with Gasteiger partial charge in [-0.1, -0.05) is 31.2 Å². The van der Waals surface area contributed by atoms with Gasteiger partial charge >= 0.3 is 0 Å². The molecule has 2 heterocycles. The summed E-state index contributed by atoms with van der Waals surface area (Å²) in [5, 5.41) is 12.2. The molecule has 0 amide bonds. The molecule has 2 aromatic heterocycles. The van der Waals surface area contributed by atoms with Crippen molar-refractivity contribution in [3.05, 3.63) is 65.1 Å². The second-order valence-electron chi connectivity index (χ2n) is 6.52. The van der Waals surface area contributed by atoms with Crippen molar-refractivity contribution in [3.8, 4) is 0 Å². The lowest BCUT2D eigenvalue weighted by molar-refractivity contribution is 0.504. The van der Waals surface area contributed by atoms with E-state index in [0.29, 0.717) is 12.0 Å². The summed E-state index contributed by atoms with van der Waals surface area (Å²) in [7, 11) is 0. The van der Waals surface area contributed by atoms with Gasteiger partial charge in [0.15, 0.2) is 5.65 Å². The van der Waals surface area contributed by atoms with E-state index in [1.165, 1.54) is 23.1 Å². The van der Waals surface area contributed by atoms with Crippen molar-refractivity contribution in [2.75, 3.05) is 6.54 Å². The average molecular weight is 306 g/mol. The van der Waals surface area contributed by atoms with Gasteiger partial charge in [-0.2, -0.15) is 0 Å². The number of hydrogen-bond acceptors (Lipinski definition) is 3. The molecule has 1 N–H and O–H groups in total. The Morgan fingerprint density at radius 3 is 3.00 bits per heavy atom. The van der Waals surface area contributed by atoms with Crippen LogP contribution >= 0.6 is 0 Å². The van der Waals surface area contributed by atoms with Crippen LogP contribution in [0.15, 0.2) is 42.6 Å².